The van der Waals surface area contributed by atoms with E-state index < -0.39 is 0 Å². The van der Waals surface area contributed by atoms with Crippen LogP contribution >= 0.6 is 46.6 Å². The molecule has 18 heavy (non-hydrogen) atoms. The van der Waals surface area contributed by atoms with E-state index in [4.69, 9.17) is 40.5 Å². The van der Waals surface area contributed by atoms with Crippen LogP contribution in [0.1, 0.15) is 5.56 Å². The standard InChI is InChI=1S/C13H10Cl3NS/c14-10-3-1-2-8(13(10)16)7-18-9-4-5-12(17)11(15)6-9/h1-6H,7,17H2. The first-order valence-corrected chi connectivity index (χ1v) is 7.30. The van der Waals surface area contributed by atoms with E-state index in [2.05, 4.69) is 0 Å². The molecule has 0 aliphatic rings. The fraction of sp³-hybridized carbons (Fsp3) is 0.0769. The van der Waals surface area contributed by atoms with E-state index in [1.807, 2.05) is 24.3 Å². The van der Waals surface area contributed by atoms with Crippen molar-refractivity contribution in [3.63, 3.8) is 0 Å². The highest BCUT2D eigenvalue weighted by Crippen LogP contribution is 2.32. The molecule has 0 aliphatic heterocycles. The first kappa shape index (κ1) is 13.9. The van der Waals surface area contributed by atoms with Crippen molar-refractivity contribution in [2.24, 2.45) is 0 Å². The summed E-state index contributed by atoms with van der Waals surface area (Å²) in [4.78, 5) is 1.05. The summed E-state index contributed by atoms with van der Waals surface area (Å²) in [6.07, 6.45) is 0. The largest absolute Gasteiger partial charge is 0.398 e. The fourth-order valence-corrected chi connectivity index (χ4v) is 3.06. The van der Waals surface area contributed by atoms with Crippen LogP contribution in [-0.4, -0.2) is 0 Å². The van der Waals surface area contributed by atoms with Gasteiger partial charge in [0.05, 0.1) is 20.8 Å². The minimum Gasteiger partial charge on any atom is -0.398 e. The summed E-state index contributed by atoms with van der Waals surface area (Å²) < 4.78 is 0. The lowest BCUT2D eigenvalue weighted by Crippen LogP contribution is -1.87. The predicted octanol–water partition coefficient (Wildman–Crippen LogP) is 5.52. The first-order valence-electron chi connectivity index (χ1n) is 5.18. The van der Waals surface area contributed by atoms with E-state index in [-0.39, 0.29) is 0 Å². The number of anilines is 1. The van der Waals surface area contributed by atoms with Gasteiger partial charge in [-0.25, -0.2) is 0 Å². The van der Waals surface area contributed by atoms with Crippen LogP contribution in [0.2, 0.25) is 15.1 Å². The van der Waals surface area contributed by atoms with Crippen molar-refractivity contribution in [3.05, 3.63) is 57.0 Å². The molecule has 0 aliphatic carbocycles. The molecular weight excluding hydrogens is 309 g/mol. The maximum atomic E-state index is 6.12. The van der Waals surface area contributed by atoms with Gasteiger partial charge in [0.15, 0.2) is 0 Å². The van der Waals surface area contributed by atoms with Gasteiger partial charge in [-0.15, -0.1) is 11.8 Å². The van der Waals surface area contributed by atoms with Gasteiger partial charge in [-0.2, -0.15) is 0 Å². The van der Waals surface area contributed by atoms with Crippen molar-refractivity contribution in [2.45, 2.75) is 10.6 Å². The van der Waals surface area contributed by atoms with Gasteiger partial charge in [0.1, 0.15) is 0 Å². The number of hydrogen-bond donors (Lipinski definition) is 1. The molecule has 5 heteroatoms. The van der Waals surface area contributed by atoms with Crippen LogP contribution in [0.4, 0.5) is 5.69 Å². The van der Waals surface area contributed by atoms with Gasteiger partial charge in [0, 0.05) is 10.6 Å². The zero-order valence-corrected chi connectivity index (χ0v) is 12.4. The molecule has 0 saturated carbocycles. The lowest BCUT2D eigenvalue weighted by Gasteiger charge is -2.06. The Labute approximate surface area is 125 Å². The van der Waals surface area contributed by atoms with Crippen molar-refractivity contribution in [1.82, 2.24) is 0 Å². The van der Waals surface area contributed by atoms with Crippen molar-refractivity contribution in [1.29, 1.82) is 0 Å². The number of benzene rings is 2. The Morgan fingerprint density at radius 1 is 1.00 bits per heavy atom. The predicted molar refractivity (Wildman–Crippen MR) is 81.9 cm³/mol. The molecule has 0 aromatic heterocycles. The molecule has 0 amide bonds. The number of nitrogen functional groups attached to an aromatic ring is 1. The molecule has 1 nitrogen and oxygen atoms in total. The zero-order chi connectivity index (χ0) is 13.1. The smallest absolute Gasteiger partial charge is 0.0646 e. The van der Waals surface area contributed by atoms with E-state index in [0.717, 1.165) is 16.2 Å². The molecule has 94 valence electrons. The summed E-state index contributed by atoms with van der Waals surface area (Å²) in [6.45, 7) is 0. The summed E-state index contributed by atoms with van der Waals surface area (Å²) >= 11 is 19.7. The lowest BCUT2D eigenvalue weighted by molar-refractivity contribution is 1.38. The second kappa shape index (κ2) is 6.07. The molecular formula is C13H10Cl3NS. The second-order valence-corrected chi connectivity index (χ2v) is 5.93. The van der Waals surface area contributed by atoms with Crippen LogP contribution in [0.15, 0.2) is 41.3 Å². The van der Waals surface area contributed by atoms with E-state index in [1.165, 1.54) is 0 Å². The highest BCUT2D eigenvalue weighted by Gasteiger charge is 2.05. The van der Waals surface area contributed by atoms with E-state index in [1.54, 1.807) is 23.9 Å². The summed E-state index contributed by atoms with van der Waals surface area (Å²) in [5.74, 6) is 0.736. The molecule has 0 atom stereocenters. The molecule has 2 rings (SSSR count). The summed E-state index contributed by atoms with van der Waals surface area (Å²) in [5, 5.41) is 1.75. The van der Waals surface area contributed by atoms with Crippen molar-refractivity contribution < 1.29 is 0 Å². The molecule has 0 heterocycles. The average Bonchev–Trinajstić information content (AvgIpc) is 2.35. The summed E-state index contributed by atoms with van der Waals surface area (Å²) in [5.41, 5.74) is 7.25. The minimum absolute atomic E-state index is 0.567. The Morgan fingerprint density at radius 3 is 2.50 bits per heavy atom. The van der Waals surface area contributed by atoms with Crippen LogP contribution in [-0.2, 0) is 5.75 Å². The van der Waals surface area contributed by atoms with Gasteiger partial charge < -0.3 is 5.73 Å². The zero-order valence-electron chi connectivity index (χ0n) is 9.29. The van der Waals surface area contributed by atoms with Crippen LogP contribution in [0.3, 0.4) is 0 Å². The van der Waals surface area contributed by atoms with E-state index >= 15 is 0 Å². The first-order chi connectivity index (χ1) is 8.58. The third-order valence-corrected chi connectivity index (χ3v) is 4.63. The van der Waals surface area contributed by atoms with Crippen molar-refractivity contribution >= 4 is 52.3 Å². The number of rotatable bonds is 3. The Kier molecular flexibility index (Phi) is 4.68. The van der Waals surface area contributed by atoms with Crippen LogP contribution in [0.5, 0.6) is 0 Å². The Morgan fingerprint density at radius 2 is 1.78 bits per heavy atom. The molecule has 0 fully saturated rings. The lowest BCUT2D eigenvalue weighted by atomic mass is 10.2. The topological polar surface area (TPSA) is 26.0 Å². The molecule has 0 bridgehead atoms. The molecule has 0 radical (unpaired) electrons. The molecule has 2 aromatic carbocycles. The minimum atomic E-state index is 0.567. The third kappa shape index (κ3) is 3.27. The number of halogens is 3. The van der Waals surface area contributed by atoms with Crippen LogP contribution in [0.25, 0.3) is 0 Å². The Hall–Kier alpha value is -0.540. The SMILES string of the molecule is Nc1ccc(SCc2cccc(Cl)c2Cl)cc1Cl. The van der Waals surface area contributed by atoms with E-state index in [0.29, 0.717) is 20.8 Å². The second-order valence-electron chi connectivity index (χ2n) is 3.68. The number of nitrogens with two attached hydrogens (primary N) is 1. The van der Waals surface area contributed by atoms with Gasteiger partial charge in [0.25, 0.3) is 0 Å². The molecule has 0 saturated heterocycles. The summed E-state index contributed by atoms with van der Waals surface area (Å²) in [7, 11) is 0. The van der Waals surface area contributed by atoms with E-state index in [9.17, 15) is 0 Å². The molecule has 0 unspecified atom stereocenters. The van der Waals surface area contributed by atoms with Crippen molar-refractivity contribution in [2.75, 3.05) is 5.73 Å². The normalized spacial score (nSPS) is 10.6. The van der Waals surface area contributed by atoms with Crippen LogP contribution < -0.4 is 5.73 Å². The number of thioether (sulfide) groups is 1. The maximum absolute atomic E-state index is 6.12. The quantitative estimate of drug-likeness (QED) is 0.595. The van der Waals surface area contributed by atoms with Gasteiger partial charge in [-0.05, 0) is 29.8 Å². The molecule has 2 N–H and O–H groups in total. The monoisotopic (exact) mass is 317 g/mol. The van der Waals surface area contributed by atoms with Gasteiger partial charge >= 0.3 is 0 Å². The van der Waals surface area contributed by atoms with Gasteiger partial charge in [-0.3, -0.25) is 0 Å². The van der Waals surface area contributed by atoms with Crippen LogP contribution in [0, 0.1) is 0 Å². The molecule has 2 aromatic rings. The van der Waals surface area contributed by atoms with Crippen molar-refractivity contribution in [3.8, 4) is 0 Å². The average molecular weight is 319 g/mol. The molecule has 0 spiro atoms. The van der Waals surface area contributed by atoms with Gasteiger partial charge in [-0.1, -0.05) is 46.9 Å². The Balaban J connectivity index is 2.11. The number of hydrogen-bond acceptors (Lipinski definition) is 2. The fourth-order valence-electron chi connectivity index (χ4n) is 1.42. The third-order valence-electron chi connectivity index (χ3n) is 2.40. The summed E-state index contributed by atoms with van der Waals surface area (Å²) in [6, 6.07) is 11.2. The maximum Gasteiger partial charge on any atom is 0.0646 e. The highest BCUT2D eigenvalue weighted by molar-refractivity contribution is 7.98. The highest BCUT2D eigenvalue weighted by atomic mass is 35.5. The van der Waals surface area contributed by atoms with Gasteiger partial charge in [0.2, 0.25) is 0 Å². The Bertz CT molecular complexity index is 572.